The van der Waals surface area contributed by atoms with Crippen molar-refractivity contribution < 1.29 is 19.1 Å². The zero-order valence-corrected chi connectivity index (χ0v) is 17.0. The van der Waals surface area contributed by atoms with Gasteiger partial charge >= 0.3 is 5.97 Å². The molecule has 0 spiro atoms. The van der Waals surface area contributed by atoms with Crippen molar-refractivity contribution in [3.05, 3.63) is 71.3 Å². The lowest BCUT2D eigenvalue weighted by molar-refractivity contribution is 0.0522. The van der Waals surface area contributed by atoms with E-state index in [4.69, 9.17) is 9.47 Å². The van der Waals surface area contributed by atoms with Gasteiger partial charge in [-0.1, -0.05) is 30.8 Å². The average Bonchev–Trinajstić information content (AvgIpc) is 2.73. The van der Waals surface area contributed by atoms with E-state index in [2.05, 4.69) is 6.58 Å². The monoisotopic (exact) mass is 381 g/mol. The second kappa shape index (κ2) is 9.74. The van der Waals surface area contributed by atoms with Crippen molar-refractivity contribution in [3.8, 4) is 5.75 Å². The smallest absolute Gasteiger partial charge is 0.342 e. The van der Waals surface area contributed by atoms with Crippen molar-refractivity contribution in [2.75, 3.05) is 26.8 Å². The highest BCUT2D eigenvalue weighted by Gasteiger charge is 2.21. The SMILES string of the molecule is C=C(c1ccc(C(=O)N(CC)CC)cc1)c1cccc(OC)c1C(=O)OCC. The van der Waals surface area contributed by atoms with Crippen LogP contribution in [0.5, 0.6) is 5.75 Å². The van der Waals surface area contributed by atoms with Crippen LogP contribution in [0.1, 0.15) is 52.6 Å². The molecule has 5 nitrogen and oxygen atoms in total. The Bertz CT molecular complexity index is 851. The summed E-state index contributed by atoms with van der Waals surface area (Å²) in [5, 5.41) is 0. The lowest BCUT2D eigenvalue weighted by Crippen LogP contribution is -2.30. The number of benzene rings is 2. The Hall–Kier alpha value is -3.08. The molecule has 0 heterocycles. The number of hydrogen-bond donors (Lipinski definition) is 0. The quantitative estimate of drug-likeness (QED) is 0.636. The largest absolute Gasteiger partial charge is 0.496 e. The summed E-state index contributed by atoms with van der Waals surface area (Å²) < 4.78 is 10.5. The molecule has 0 bridgehead atoms. The van der Waals surface area contributed by atoms with Gasteiger partial charge in [0, 0.05) is 18.7 Å². The first-order valence-corrected chi connectivity index (χ1v) is 9.41. The van der Waals surface area contributed by atoms with Crippen LogP contribution in [0, 0.1) is 0 Å². The minimum absolute atomic E-state index is 0.00393. The molecule has 148 valence electrons. The number of amides is 1. The Morgan fingerprint density at radius 3 is 2.11 bits per heavy atom. The molecule has 0 N–H and O–H groups in total. The van der Waals surface area contributed by atoms with E-state index in [9.17, 15) is 9.59 Å². The summed E-state index contributed by atoms with van der Waals surface area (Å²) in [7, 11) is 1.51. The summed E-state index contributed by atoms with van der Waals surface area (Å²) in [5.41, 5.74) is 3.08. The number of esters is 1. The molecule has 2 aromatic rings. The van der Waals surface area contributed by atoms with Crippen molar-refractivity contribution in [2.45, 2.75) is 20.8 Å². The fourth-order valence-electron chi connectivity index (χ4n) is 3.03. The van der Waals surface area contributed by atoms with E-state index in [1.807, 2.05) is 32.0 Å². The van der Waals surface area contributed by atoms with Crippen molar-refractivity contribution in [1.29, 1.82) is 0 Å². The third kappa shape index (κ3) is 4.42. The van der Waals surface area contributed by atoms with Crippen LogP contribution < -0.4 is 4.74 Å². The Labute approximate surface area is 166 Å². The summed E-state index contributed by atoms with van der Waals surface area (Å²) in [6.45, 7) is 11.4. The molecule has 0 unspecified atom stereocenters. The van der Waals surface area contributed by atoms with Crippen molar-refractivity contribution >= 4 is 17.4 Å². The second-order valence-corrected chi connectivity index (χ2v) is 6.14. The molecule has 0 aliphatic carbocycles. The minimum Gasteiger partial charge on any atom is -0.496 e. The van der Waals surface area contributed by atoms with Gasteiger partial charge in [-0.3, -0.25) is 4.79 Å². The Morgan fingerprint density at radius 1 is 0.964 bits per heavy atom. The molecule has 0 aliphatic rings. The first-order chi connectivity index (χ1) is 13.5. The molecule has 0 saturated carbocycles. The summed E-state index contributed by atoms with van der Waals surface area (Å²) in [5.74, 6) is -0.0226. The molecule has 0 saturated heterocycles. The normalized spacial score (nSPS) is 10.3. The van der Waals surface area contributed by atoms with E-state index < -0.39 is 5.97 Å². The molecule has 0 aromatic heterocycles. The van der Waals surface area contributed by atoms with Crippen LogP contribution in [0.4, 0.5) is 0 Å². The number of ether oxygens (including phenoxy) is 2. The maximum absolute atomic E-state index is 12.5. The van der Waals surface area contributed by atoms with Crippen LogP contribution in [-0.4, -0.2) is 43.6 Å². The number of hydrogen-bond acceptors (Lipinski definition) is 4. The molecule has 0 aliphatic heterocycles. The number of rotatable bonds is 8. The molecule has 2 aromatic carbocycles. The van der Waals surface area contributed by atoms with Crippen molar-refractivity contribution in [1.82, 2.24) is 4.90 Å². The van der Waals surface area contributed by atoms with Gasteiger partial charge in [-0.25, -0.2) is 4.79 Å². The number of methoxy groups -OCH3 is 1. The third-order valence-corrected chi connectivity index (χ3v) is 4.58. The van der Waals surface area contributed by atoms with Crippen LogP contribution in [0.25, 0.3) is 5.57 Å². The lowest BCUT2D eigenvalue weighted by Gasteiger charge is -2.19. The van der Waals surface area contributed by atoms with Gasteiger partial charge in [-0.05, 0) is 55.7 Å². The van der Waals surface area contributed by atoms with Gasteiger partial charge in [0.05, 0.1) is 13.7 Å². The number of carbonyl (C=O) groups excluding carboxylic acids is 2. The highest BCUT2D eigenvalue weighted by molar-refractivity contribution is 6.00. The molecular weight excluding hydrogens is 354 g/mol. The Balaban J connectivity index is 2.39. The highest BCUT2D eigenvalue weighted by Crippen LogP contribution is 2.31. The standard InChI is InChI=1S/C23H27NO4/c1-6-24(7-2)22(25)18-14-12-17(13-15-18)16(4)19-10-9-11-20(27-5)21(19)23(26)28-8-3/h9-15H,4,6-8H2,1-3,5H3. The predicted molar refractivity (Wildman–Crippen MR) is 111 cm³/mol. The van der Waals surface area contributed by atoms with E-state index in [-0.39, 0.29) is 12.5 Å². The molecule has 1 amide bonds. The topological polar surface area (TPSA) is 55.8 Å². The molecule has 0 radical (unpaired) electrons. The molecule has 0 atom stereocenters. The van der Waals surface area contributed by atoms with Gasteiger partial charge in [-0.2, -0.15) is 0 Å². The molecule has 28 heavy (non-hydrogen) atoms. The zero-order valence-electron chi connectivity index (χ0n) is 17.0. The van der Waals surface area contributed by atoms with E-state index in [0.717, 1.165) is 5.56 Å². The van der Waals surface area contributed by atoms with Crippen LogP contribution in [-0.2, 0) is 4.74 Å². The van der Waals surface area contributed by atoms with Gasteiger partial charge in [-0.15, -0.1) is 0 Å². The molecular formula is C23H27NO4. The maximum Gasteiger partial charge on any atom is 0.342 e. The summed E-state index contributed by atoms with van der Waals surface area (Å²) >= 11 is 0. The first-order valence-electron chi connectivity index (χ1n) is 9.41. The molecule has 0 fully saturated rings. The number of carbonyl (C=O) groups is 2. The van der Waals surface area contributed by atoms with Gasteiger partial charge in [0.25, 0.3) is 5.91 Å². The average molecular weight is 381 g/mol. The predicted octanol–water partition coefficient (Wildman–Crippen LogP) is 4.42. The van der Waals surface area contributed by atoms with Gasteiger partial charge < -0.3 is 14.4 Å². The third-order valence-electron chi connectivity index (χ3n) is 4.58. The second-order valence-electron chi connectivity index (χ2n) is 6.14. The van der Waals surface area contributed by atoms with E-state index >= 15 is 0 Å². The Kier molecular flexibility index (Phi) is 7.38. The van der Waals surface area contributed by atoms with Crippen molar-refractivity contribution in [3.63, 3.8) is 0 Å². The van der Waals surface area contributed by atoms with Gasteiger partial charge in [0.1, 0.15) is 11.3 Å². The fourth-order valence-corrected chi connectivity index (χ4v) is 3.03. The maximum atomic E-state index is 12.5. The molecule has 2 rings (SSSR count). The fraction of sp³-hybridized carbons (Fsp3) is 0.304. The van der Waals surface area contributed by atoms with E-state index in [1.54, 1.807) is 36.1 Å². The first kappa shape index (κ1) is 21.2. The highest BCUT2D eigenvalue weighted by atomic mass is 16.5. The van der Waals surface area contributed by atoms with Crippen LogP contribution >= 0.6 is 0 Å². The molecule has 5 heteroatoms. The van der Waals surface area contributed by atoms with Crippen LogP contribution in [0.3, 0.4) is 0 Å². The summed E-state index contributed by atoms with van der Waals surface area (Å²) in [4.78, 5) is 26.7. The van der Waals surface area contributed by atoms with E-state index in [1.165, 1.54) is 7.11 Å². The summed E-state index contributed by atoms with van der Waals surface area (Å²) in [6.07, 6.45) is 0. The van der Waals surface area contributed by atoms with Crippen LogP contribution in [0.15, 0.2) is 49.0 Å². The number of nitrogens with zero attached hydrogens (tertiary/aromatic N) is 1. The lowest BCUT2D eigenvalue weighted by atomic mass is 9.94. The Morgan fingerprint density at radius 2 is 1.57 bits per heavy atom. The summed E-state index contributed by atoms with van der Waals surface area (Å²) in [6, 6.07) is 12.6. The minimum atomic E-state index is -0.454. The van der Waals surface area contributed by atoms with Gasteiger partial charge in [0.2, 0.25) is 0 Å². The van der Waals surface area contributed by atoms with Crippen molar-refractivity contribution in [2.24, 2.45) is 0 Å². The van der Waals surface area contributed by atoms with E-state index in [0.29, 0.717) is 41.1 Å². The zero-order chi connectivity index (χ0) is 20.7. The van der Waals surface area contributed by atoms with Gasteiger partial charge in [0.15, 0.2) is 0 Å². The van der Waals surface area contributed by atoms with Crippen LogP contribution in [0.2, 0.25) is 0 Å².